The molecule has 0 bridgehead atoms. The summed E-state index contributed by atoms with van der Waals surface area (Å²) in [4.78, 5) is 11.8. The van der Waals surface area contributed by atoms with Gasteiger partial charge in [-0.1, -0.05) is 162 Å². The van der Waals surface area contributed by atoms with Crippen LogP contribution in [-0.2, 0) is 9.53 Å². The Morgan fingerprint density at radius 3 is 1.06 bits per heavy atom. The van der Waals surface area contributed by atoms with E-state index in [-0.39, 0.29) is 46.6 Å². The van der Waals surface area contributed by atoms with Crippen LogP contribution < -0.4 is 0 Å². The van der Waals surface area contributed by atoms with E-state index in [9.17, 15) is 4.79 Å². The van der Waals surface area contributed by atoms with Crippen molar-refractivity contribution < 1.29 is 12.4 Å². The Hall–Kier alpha value is 0.730. The van der Waals surface area contributed by atoms with Crippen molar-refractivity contribution in [1.29, 1.82) is 0 Å². The molecule has 0 atom stereocenters. The van der Waals surface area contributed by atoms with Gasteiger partial charge in [0.2, 0.25) is 0 Å². The molecule has 3 heteroatoms. The van der Waals surface area contributed by atoms with E-state index in [4.69, 9.17) is 4.74 Å². The summed E-state index contributed by atoms with van der Waals surface area (Å²) in [5, 5.41) is 0. The number of hydrogen-bond acceptors (Lipinski definition) is 2. The van der Waals surface area contributed by atoms with Gasteiger partial charge >= 0.3 is 43.7 Å². The molecule has 0 saturated carbocycles. The average Bonchev–Trinajstić information content (AvgIpc) is 2.80. The predicted octanol–water partition coefficient (Wildman–Crippen LogP) is 10.6. The summed E-state index contributed by atoms with van der Waals surface area (Å²) in [6.07, 6.45) is 34.3. The van der Waals surface area contributed by atoms with E-state index in [1.54, 1.807) is 0 Å². The summed E-state index contributed by atoms with van der Waals surface area (Å²) >= 11 is 0. The number of esters is 1. The number of rotatable bonds is 27. The maximum Gasteiger partial charge on any atom is 2.00 e. The maximum absolute atomic E-state index is 11.8. The molecule has 0 aliphatic heterocycles. The van der Waals surface area contributed by atoms with Crippen molar-refractivity contribution in [2.45, 2.75) is 181 Å². The zero-order valence-corrected chi connectivity index (χ0v) is 25.3. The quantitative estimate of drug-likeness (QED) is 0.0644. The van der Waals surface area contributed by atoms with Crippen LogP contribution in [0.3, 0.4) is 0 Å². The number of ether oxygens (including phenoxy) is 1. The van der Waals surface area contributed by atoms with Crippen molar-refractivity contribution in [2.75, 3.05) is 6.61 Å². The van der Waals surface area contributed by atoms with Gasteiger partial charge in [0.25, 0.3) is 0 Å². The van der Waals surface area contributed by atoms with E-state index in [0.717, 1.165) is 12.8 Å². The van der Waals surface area contributed by atoms with Crippen LogP contribution in [0.25, 0.3) is 0 Å². The summed E-state index contributed by atoms with van der Waals surface area (Å²) in [5.41, 5.74) is 0. The average molecular weight is 495 g/mol. The zero-order valence-electron chi connectivity index (χ0n) is 25.1. The zero-order chi connectivity index (χ0) is 23.4. The van der Waals surface area contributed by atoms with Crippen molar-refractivity contribution in [2.24, 2.45) is 0 Å². The second-order valence-electron chi connectivity index (χ2n) is 10.1. The van der Waals surface area contributed by atoms with Gasteiger partial charge in [-0.05, 0) is 12.8 Å². The number of hydrogen-bond donors (Lipinski definition) is 0. The SMILES string of the molecule is CCCCCCCCCCCCCCCCCCOC(=O)CCCCCCCCCCC.[Ca+2].[H-].[H-]. The fourth-order valence-corrected chi connectivity index (χ4v) is 4.49. The van der Waals surface area contributed by atoms with Crippen LogP contribution >= 0.6 is 0 Å². The molecule has 0 unspecified atom stereocenters. The Balaban J connectivity index is -0.00000160. The number of unbranched alkanes of at least 4 members (excludes halogenated alkanes) is 23. The molecule has 0 N–H and O–H groups in total. The van der Waals surface area contributed by atoms with Gasteiger partial charge in [-0.2, -0.15) is 0 Å². The maximum atomic E-state index is 11.8. The third kappa shape index (κ3) is 32.7. The molecule has 0 heterocycles. The molecule has 196 valence electrons. The first-order valence-electron chi connectivity index (χ1n) is 15.0. The van der Waals surface area contributed by atoms with Gasteiger partial charge in [0.15, 0.2) is 0 Å². The second-order valence-corrected chi connectivity index (χ2v) is 10.1. The van der Waals surface area contributed by atoms with Crippen molar-refractivity contribution in [1.82, 2.24) is 0 Å². The van der Waals surface area contributed by atoms with Crippen LogP contribution in [0, 0.1) is 0 Å². The molecule has 0 amide bonds. The first-order chi connectivity index (χ1) is 15.8. The van der Waals surface area contributed by atoms with Crippen LogP contribution in [-0.4, -0.2) is 50.3 Å². The smallest absolute Gasteiger partial charge is 1.00 e. The molecule has 0 fully saturated rings. The van der Waals surface area contributed by atoms with Crippen LogP contribution in [0.4, 0.5) is 0 Å². The summed E-state index contributed by atoms with van der Waals surface area (Å²) in [5.74, 6) is 0.0221. The van der Waals surface area contributed by atoms with E-state index in [2.05, 4.69) is 13.8 Å². The van der Waals surface area contributed by atoms with Crippen molar-refractivity contribution in [3.63, 3.8) is 0 Å². The van der Waals surface area contributed by atoms with Crippen LogP contribution in [0.2, 0.25) is 0 Å². The van der Waals surface area contributed by atoms with Gasteiger partial charge in [-0.3, -0.25) is 4.79 Å². The molecule has 0 spiro atoms. The third-order valence-electron chi connectivity index (χ3n) is 6.75. The van der Waals surface area contributed by atoms with Gasteiger partial charge in [-0.25, -0.2) is 0 Å². The molecule has 0 aliphatic carbocycles. The Bertz CT molecular complexity index is 370. The van der Waals surface area contributed by atoms with E-state index in [0.29, 0.717) is 13.0 Å². The summed E-state index contributed by atoms with van der Waals surface area (Å²) in [6.45, 7) is 5.19. The minimum atomic E-state index is 0. The first-order valence-corrected chi connectivity index (χ1v) is 15.0. The Kier molecular flexibility index (Phi) is 35.6. The van der Waals surface area contributed by atoms with E-state index >= 15 is 0 Å². The summed E-state index contributed by atoms with van der Waals surface area (Å²) in [6, 6.07) is 0. The Morgan fingerprint density at radius 1 is 0.455 bits per heavy atom. The van der Waals surface area contributed by atoms with Crippen LogP contribution in [0.1, 0.15) is 184 Å². The Morgan fingerprint density at radius 2 is 0.727 bits per heavy atom. The molecule has 0 radical (unpaired) electrons. The van der Waals surface area contributed by atoms with Crippen LogP contribution in [0.15, 0.2) is 0 Å². The van der Waals surface area contributed by atoms with Crippen molar-refractivity contribution in [3.05, 3.63) is 0 Å². The summed E-state index contributed by atoms with van der Waals surface area (Å²) < 4.78 is 5.39. The monoisotopic (exact) mass is 494 g/mol. The van der Waals surface area contributed by atoms with E-state index in [1.807, 2.05) is 0 Å². The first kappa shape index (κ1) is 35.9. The molecule has 0 aliphatic rings. The van der Waals surface area contributed by atoms with Crippen LogP contribution in [0.5, 0.6) is 0 Å². The molecular weight excluding hydrogens is 432 g/mol. The normalized spacial score (nSPS) is 10.8. The van der Waals surface area contributed by atoms with Crippen molar-refractivity contribution >= 4 is 43.7 Å². The number of carbonyl (C=O) groups is 1. The molecule has 0 aromatic rings. The van der Waals surface area contributed by atoms with E-state index < -0.39 is 0 Å². The molecule has 33 heavy (non-hydrogen) atoms. The fraction of sp³-hybridized carbons (Fsp3) is 0.967. The topological polar surface area (TPSA) is 26.3 Å². The number of carbonyl (C=O) groups excluding carboxylic acids is 1. The standard InChI is InChI=1S/C30H60O2.Ca.2H/c1-3-5-7-9-11-13-14-15-16-17-18-19-21-23-25-27-29-32-30(31)28-26-24-22-20-12-10-8-6-4-2;;;/h3-29H2,1-2H3;;;/q;+2;2*-1. The molecule has 0 aromatic carbocycles. The van der Waals surface area contributed by atoms with Gasteiger partial charge in [0, 0.05) is 6.42 Å². The van der Waals surface area contributed by atoms with E-state index in [1.165, 1.54) is 148 Å². The second kappa shape index (κ2) is 32.7. The largest absolute Gasteiger partial charge is 2.00 e. The molecule has 0 aromatic heterocycles. The molecule has 0 rings (SSSR count). The summed E-state index contributed by atoms with van der Waals surface area (Å²) in [7, 11) is 0. The Labute approximate surface area is 242 Å². The van der Waals surface area contributed by atoms with Gasteiger partial charge < -0.3 is 7.59 Å². The molecule has 0 saturated heterocycles. The minimum Gasteiger partial charge on any atom is -1.00 e. The molecule has 2 nitrogen and oxygen atoms in total. The van der Waals surface area contributed by atoms with Gasteiger partial charge in [0.05, 0.1) is 6.61 Å². The third-order valence-corrected chi connectivity index (χ3v) is 6.75. The molecular formula is C30H62CaO2. The fourth-order valence-electron chi connectivity index (χ4n) is 4.49. The minimum absolute atomic E-state index is 0. The van der Waals surface area contributed by atoms with Crippen molar-refractivity contribution in [3.8, 4) is 0 Å². The van der Waals surface area contributed by atoms with Gasteiger partial charge in [-0.15, -0.1) is 0 Å². The van der Waals surface area contributed by atoms with Gasteiger partial charge in [0.1, 0.15) is 0 Å². The predicted molar refractivity (Wildman–Crippen MR) is 150 cm³/mol.